The number of carbonyl (C=O) groups excluding carboxylic acids is 2. The van der Waals surface area contributed by atoms with Crippen LogP contribution >= 0.6 is 0 Å². The van der Waals surface area contributed by atoms with Crippen LogP contribution in [0.5, 0.6) is 11.5 Å². The van der Waals surface area contributed by atoms with Crippen LogP contribution in [0.3, 0.4) is 0 Å². The van der Waals surface area contributed by atoms with Gasteiger partial charge in [0.15, 0.2) is 11.5 Å². The Bertz CT molecular complexity index is 1020. The number of piperidine rings is 1. The molecule has 142 valence electrons. The van der Waals surface area contributed by atoms with Gasteiger partial charge in [0.1, 0.15) is 11.7 Å². The Balaban J connectivity index is 1.56. The average Bonchev–Trinajstić information content (AvgIpc) is 3.26. The van der Waals surface area contributed by atoms with Gasteiger partial charge in [0, 0.05) is 19.4 Å². The molecule has 0 unspecified atom stereocenters. The number of hydrogen-bond acceptors (Lipinski definition) is 4. The van der Waals surface area contributed by atoms with Crippen LogP contribution in [0.1, 0.15) is 17.9 Å². The summed E-state index contributed by atoms with van der Waals surface area (Å²) in [5.41, 5.74) is 1.36. The molecule has 2 aromatic rings. The molecule has 0 aliphatic carbocycles. The van der Waals surface area contributed by atoms with Gasteiger partial charge in [0.05, 0.1) is 11.7 Å². The van der Waals surface area contributed by atoms with Crippen molar-refractivity contribution in [1.29, 1.82) is 0 Å². The summed E-state index contributed by atoms with van der Waals surface area (Å²) in [6.45, 7) is 0.162. The standard InChI is InChI=1S/C20H16FN3O4/c1-23-18-14(11-2-7-15-16(8-11)28-10-27-15)9-17(25)24(19(18)22-20(23)26)13-5-3-12(21)4-6-13/h2-8,14,18H,9-10H2,1H3/t14-,18-/m0/s1. The Labute approximate surface area is 160 Å². The second kappa shape index (κ2) is 6.05. The van der Waals surface area contributed by atoms with E-state index < -0.39 is 17.9 Å². The van der Waals surface area contributed by atoms with Gasteiger partial charge in [-0.25, -0.2) is 9.18 Å². The molecule has 3 aliphatic rings. The number of hydrogen-bond donors (Lipinski definition) is 0. The molecule has 0 saturated carbocycles. The van der Waals surface area contributed by atoms with Gasteiger partial charge in [-0.1, -0.05) is 6.07 Å². The SMILES string of the molecule is CN1C(=O)N=C2[C@@H]1[C@H](c1ccc3c(c1)OCO3)CC(=O)N2c1ccc(F)cc1. The van der Waals surface area contributed by atoms with Crippen LogP contribution in [0, 0.1) is 5.82 Å². The second-order valence-corrected chi connectivity index (χ2v) is 6.94. The first-order valence-electron chi connectivity index (χ1n) is 8.86. The quantitative estimate of drug-likeness (QED) is 0.802. The number of likely N-dealkylation sites (N-methyl/N-ethyl adjacent to an activating group) is 1. The third-order valence-electron chi connectivity index (χ3n) is 5.36. The van der Waals surface area contributed by atoms with E-state index in [-0.39, 0.29) is 25.0 Å². The number of anilines is 1. The van der Waals surface area contributed by atoms with Gasteiger partial charge in [-0.15, -0.1) is 0 Å². The van der Waals surface area contributed by atoms with Crippen molar-refractivity contribution in [2.45, 2.75) is 18.4 Å². The molecule has 1 saturated heterocycles. The van der Waals surface area contributed by atoms with Crippen LogP contribution in [0.2, 0.25) is 0 Å². The van der Waals surface area contributed by atoms with Crippen LogP contribution < -0.4 is 14.4 Å². The zero-order valence-corrected chi connectivity index (χ0v) is 15.0. The first-order valence-corrected chi connectivity index (χ1v) is 8.86. The summed E-state index contributed by atoms with van der Waals surface area (Å²) in [4.78, 5) is 32.4. The highest BCUT2D eigenvalue weighted by Gasteiger charge is 2.48. The Morgan fingerprint density at radius 3 is 2.61 bits per heavy atom. The average molecular weight is 381 g/mol. The number of nitrogens with zero attached hydrogens (tertiary/aromatic N) is 3. The Kier molecular flexibility index (Phi) is 3.61. The van der Waals surface area contributed by atoms with Gasteiger partial charge in [-0.3, -0.25) is 9.69 Å². The minimum Gasteiger partial charge on any atom is -0.454 e. The number of urea groups is 1. The van der Waals surface area contributed by atoms with Crippen LogP contribution in [-0.4, -0.2) is 42.6 Å². The number of amidine groups is 1. The fraction of sp³-hybridized carbons (Fsp3) is 0.250. The summed E-state index contributed by atoms with van der Waals surface area (Å²) in [6.07, 6.45) is 0.179. The van der Waals surface area contributed by atoms with Crippen molar-refractivity contribution in [3.8, 4) is 11.5 Å². The molecule has 3 heterocycles. The summed E-state index contributed by atoms with van der Waals surface area (Å²) >= 11 is 0. The molecule has 3 aliphatic heterocycles. The lowest BCUT2D eigenvalue weighted by atomic mass is 9.83. The number of aliphatic imine (C=N–C) groups is 1. The molecule has 2 aromatic carbocycles. The van der Waals surface area contributed by atoms with Crippen LogP contribution in [0.4, 0.5) is 14.9 Å². The van der Waals surface area contributed by atoms with E-state index in [1.165, 1.54) is 34.1 Å². The van der Waals surface area contributed by atoms with E-state index in [0.29, 0.717) is 23.0 Å². The van der Waals surface area contributed by atoms with Crippen molar-refractivity contribution in [2.24, 2.45) is 4.99 Å². The summed E-state index contributed by atoms with van der Waals surface area (Å²) in [5.74, 6) is 0.767. The van der Waals surface area contributed by atoms with Crippen molar-refractivity contribution in [1.82, 2.24) is 4.90 Å². The first kappa shape index (κ1) is 16.7. The minimum atomic E-state index is -0.410. The van der Waals surface area contributed by atoms with Gasteiger partial charge in [-0.05, 0) is 42.0 Å². The van der Waals surface area contributed by atoms with Crippen molar-refractivity contribution in [3.05, 3.63) is 53.8 Å². The number of amides is 3. The molecule has 7 nitrogen and oxygen atoms in total. The number of benzene rings is 2. The maximum Gasteiger partial charge on any atom is 0.345 e. The molecule has 3 amide bonds. The topological polar surface area (TPSA) is 71.4 Å². The predicted molar refractivity (Wildman–Crippen MR) is 98.2 cm³/mol. The Morgan fingerprint density at radius 2 is 1.82 bits per heavy atom. The van der Waals surface area contributed by atoms with E-state index in [1.807, 2.05) is 18.2 Å². The third kappa shape index (κ3) is 2.45. The highest BCUT2D eigenvalue weighted by Crippen LogP contribution is 2.41. The fourth-order valence-electron chi connectivity index (χ4n) is 4.00. The summed E-state index contributed by atoms with van der Waals surface area (Å²) in [7, 11) is 1.67. The molecule has 28 heavy (non-hydrogen) atoms. The molecule has 8 heteroatoms. The molecular weight excluding hydrogens is 365 g/mol. The Morgan fingerprint density at radius 1 is 1.07 bits per heavy atom. The molecule has 0 bridgehead atoms. The fourth-order valence-corrected chi connectivity index (χ4v) is 4.00. The predicted octanol–water partition coefficient (Wildman–Crippen LogP) is 2.91. The Hall–Kier alpha value is -3.42. The van der Waals surface area contributed by atoms with Gasteiger partial charge in [0.25, 0.3) is 0 Å². The third-order valence-corrected chi connectivity index (χ3v) is 5.36. The smallest absolute Gasteiger partial charge is 0.345 e. The normalized spacial score (nSPS) is 23.1. The lowest BCUT2D eigenvalue weighted by molar-refractivity contribution is -0.118. The van der Waals surface area contributed by atoms with Crippen LogP contribution in [0.25, 0.3) is 0 Å². The molecule has 0 aromatic heterocycles. The van der Waals surface area contributed by atoms with Crippen molar-refractivity contribution in [3.63, 3.8) is 0 Å². The van der Waals surface area contributed by atoms with Crippen molar-refractivity contribution >= 4 is 23.5 Å². The van der Waals surface area contributed by atoms with E-state index in [9.17, 15) is 14.0 Å². The largest absolute Gasteiger partial charge is 0.454 e. The minimum absolute atomic E-state index is 0.162. The number of ether oxygens (including phenoxy) is 2. The highest BCUT2D eigenvalue weighted by atomic mass is 19.1. The summed E-state index contributed by atoms with van der Waals surface area (Å²) < 4.78 is 24.1. The zero-order valence-electron chi connectivity index (χ0n) is 15.0. The maximum atomic E-state index is 13.3. The van der Waals surface area contributed by atoms with Gasteiger partial charge >= 0.3 is 6.03 Å². The van der Waals surface area contributed by atoms with Crippen molar-refractivity contribution < 1.29 is 23.5 Å². The number of rotatable bonds is 2. The van der Waals surface area contributed by atoms with E-state index in [0.717, 1.165) is 5.56 Å². The lowest BCUT2D eigenvalue weighted by Crippen LogP contribution is -2.54. The molecular formula is C20H16FN3O4. The van der Waals surface area contributed by atoms with Crippen LogP contribution in [-0.2, 0) is 4.79 Å². The van der Waals surface area contributed by atoms with E-state index in [4.69, 9.17) is 9.47 Å². The molecule has 2 atom stereocenters. The molecule has 0 N–H and O–H groups in total. The van der Waals surface area contributed by atoms with E-state index in [2.05, 4.69) is 4.99 Å². The second-order valence-electron chi connectivity index (χ2n) is 6.94. The van der Waals surface area contributed by atoms with Crippen molar-refractivity contribution in [2.75, 3.05) is 18.7 Å². The monoisotopic (exact) mass is 381 g/mol. The van der Waals surface area contributed by atoms with Gasteiger partial charge in [-0.2, -0.15) is 4.99 Å². The van der Waals surface area contributed by atoms with E-state index >= 15 is 0 Å². The highest BCUT2D eigenvalue weighted by molar-refractivity contribution is 6.25. The molecule has 0 spiro atoms. The van der Waals surface area contributed by atoms with Gasteiger partial charge in [0.2, 0.25) is 12.7 Å². The molecule has 1 fully saturated rings. The summed E-state index contributed by atoms with van der Waals surface area (Å²) in [5, 5.41) is 0. The zero-order chi connectivity index (χ0) is 19.4. The maximum absolute atomic E-state index is 13.3. The van der Waals surface area contributed by atoms with E-state index in [1.54, 1.807) is 7.05 Å². The molecule has 5 rings (SSSR count). The molecule has 0 radical (unpaired) electrons. The number of halogens is 1. The number of fused-ring (bicyclic) bond motifs is 2. The first-order chi connectivity index (χ1) is 13.5. The lowest BCUT2D eigenvalue weighted by Gasteiger charge is -2.39. The van der Waals surface area contributed by atoms with Gasteiger partial charge < -0.3 is 14.4 Å². The number of carbonyl (C=O) groups is 2. The summed E-state index contributed by atoms with van der Waals surface area (Å²) in [6, 6.07) is 10.3. The van der Waals surface area contributed by atoms with Crippen LogP contribution in [0.15, 0.2) is 47.5 Å².